The van der Waals surface area contributed by atoms with Gasteiger partial charge >= 0.3 is 0 Å². The lowest BCUT2D eigenvalue weighted by molar-refractivity contribution is 0.477. The van der Waals surface area contributed by atoms with E-state index in [2.05, 4.69) is 14.8 Å². The van der Waals surface area contributed by atoms with Gasteiger partial charge in [0.1, 0.15) is 12.1 Å². The van der Waals surface area contributed by atoms with Gasteiger partial charge in [-0.2, -0.15) is 5.10 Å². The number of benzene rings is 1. The van der Waals surface area contributed by atoms with Crippen LogP contribution in [0.4, 0.5) is 5.69 Å². The summed E-state index contributed by atoms with van der Waals surface area (Å²) < 4.78 is 28.0. The molecule has 8 nitrogen and oxygen atoms in total. The fourth-order valence-electron chi connectivity index (χ4n) is 1.58. The molecule has 2 aromatic rings. The zero-order valence-electron chi connectivity index (χ0n) is 10.8. The molecule has 1 heterocycles. The van der Waals surface area contributed by atoms with Crippen LogP contribution in [0.2, 0.25) is 0 Å². The Bertz CT molecular complexity index is 711. The molecule has 0 bridgehead atoms. The van der Waals surface area contributed by atoms with Crippen molar-refractivity contribution in [1.82, 2.24) is 19.5 Å². The Balaban J connectivity index is 2.02. The first-order chi connectivity index (χ1) is 9.38. The Labute approximate surface area is 116 Å². The quantitative estimate of drug-likeness (QED) is 0.511. The molecular formula is C11H15N5O3S. The maximum atomic E-state index is 12.0. The normalized spacial score (nSPS) is 11.7. The van der Waals surface area contributed by atoms with Crippen LogP contribution in [0.15, 0.2) is 29.4 Å². The van der Waals surface area contributed by atoms with Crippen LogP contribution in [0.3, 0.4) is 0 Å². The highest BCUT2D eigenvalue weighted by atomic mass is 32.2. The van der Waals surface area contributed by atoms with Gasteiger partial charge in [0, 0.05) is 20.0 Å². The molecule has 0 saturated heterocycles. The SMILES string of the molecule is Cn1cnc(CCNS(=O)(=O)c2ccc(O)c(N)c2)n1. The van der Waals surface area contributed by atoms with Crippen molar-refractivity contribution in [2.75, 3.05) is 12.3 Å². The molecule has 1 aromatic carbocycles. The van der Waals surface area contributed by atoms with Crippen LogP contribution >= 0.6 is 0 Å². The summed E-state index contributed by atoms with van der Waals surface area (Å²) >= 11 is 0. The van der Waals surface area contributed by atoms with E-state index < -0.39 is 10.0 Å². The molecule has 0 radical (unpaired) electrons. The lowest BCUT2D eigenvalue weighted by Gasteiger charge is -2.07. The Kier molecular flexibility index (Phi) is 3.91. The van der Waals surface area contributed by atoms with Crippen molar-refractivity contribution in [3.63, 3.8) is 0 Å². The van der Waals surface area contributed by atoms with Gasteiger partial charge in [0.05, 0.1) is 10.6 Å². The van der Waals surface area contributed by atoms with Gasteiger partial charge in [-0.05, 0) is 18.2 Å². The summed E-state index contributed by atoms with van der Waals surface area (Å²) in [6.45, 7) is 0.174. The van der Waals surface area contributed by atoms with Crippen LogP contribution in [0, 0.1) is 0 Å². The van der Waals surface area contributed by atoms with Gasteiger partial charge in [-0.3, -0.25) is 4.68 Å². The fourth-order valence-corrected chi connectivity index (χ4v) is 2.65. The molecule has 0 aliphatic heterocycles. The largest absolute Gasteiger partial charge is 0.506 e. The highest BCUT2D eigenvalue weighted by molar-refractivity contribution is 7.89. The Morgan fingerprint density at radius 2 is 2.20 bits per heavy atom. The van der Waals surface area contributed by atoms with Crippen LogP contribution in [-0.2, 0) is 23.5 Å². The highest BCUT2D eigenvalue weighted by Gasteiger charge is 2.15. The molecule has 0 fully saturated rings. The average Bonchev–Trinajstić information content (AvgIpc) is 2.78. The number of nitrogens with zero attached hydrogens (tertiary/aromatic N) is 3. The van der Waals surface area contributed by atoms with Crippen molar-refractivity contribution < 1.29 is 13.5 Å². The van der Waals surface area contributed by atoms with Crippen LogP contribution < -0.4 is 10.5 Å². The summed E-state index contributed by atoms with van der Waals surface area (Å²) in [5.41, 5.74) is 5.49. The summed E-state index contributed by atoms with van der Waals surface area (Å²) in [6, 6.07) is 3.73. The number of hydrogen-bond donors (Lipinski definition) is 3. The zero-order valence-corrected chi connectivity index (χ0v) is 11.6. The number of phenolic OH excluding ortho intramolecular Hbond substituents is 1. The smallest absolute Gasteiger partial charge is 0.240 e. The van der Waals surface area contributed by atoms with Crippen LogP contribution in [0.1, 0.15) is 5.82 Å². The molecule has 108 valence electrons. The number of aromatic nitrogens is 3. The number of hydrogen-bond acceptors (Lipinski definition) is 6. The highest BCUT2D eigenvalue weighted by Crippen LogP contribution is 2.22. The molecule has 0 amide bonds. The number of aromatic hydroxyl groups is 1. The van der Waals surface area contributed by atoms with Crippen molar-refractivity contribution in [2.24, 2.45) is 7.05 Å². The lowest BCUT2D eigenvalue weighted by atomic mass is 10.3. The first-order valence-corrected chi connectivity index (χ1v) is 7.29. The van der Waals surface area contributed by atoms with Gasteiger partial charge in [0.25, 0.3) is 0 Å². The number of aryl methyl sites for hydroxylation is 1. The van der Waals surface area contributed by atoms with E-state index in [1.807, 2.05) is 0 Å². The maximum absolute atomic E-state index is 12.0. The monoisotopic (exact) mass is 297 g/mol. The number of anilines is 1. The van der Waals surface area contributed by atoms with E-state index >= 15 is 0 Å². The van der Waals surface area contributed by atoms with Crippen molar-refractivity contribution in [3.8, 4) is 5.75 Å². The minimum absolute atomic E-state index is 0.00165. The molecule has 0 spiro atoms. The number of nitrogens with one attached hydrogen (secondary N) is 1. The molecule has 1 aromatic heterocycles. The van der Waals surface area contributed by atoms with E-state index in [0.717, 1.165) is 0 Å². The third kappa shape index (κ3) is 3.25. The van der Waals surface area contributed by atoms with E-state index in [1.165, 1.54) is 18.2 Å². The summed E-state index contributed by atoms with van der Waals surface area (Å²) in [5.74, 6) is 0.405. The third-order valence-corrected chi connectivity index (χ3v) is 4.06. The number of nitrogens with two attached hydrogens (primary N) is 1. The zero-order chi connectivity index (χ0) is 14.8. The van der Waals surface area contributed by atoms with Gasteiger partial charge in [-0.15, -0.1) is 0 Å². The van der Waals surface area contributed by atoms with Gasteiger partial charge in [0.2, 0.25) is 10.0 Å². The standard InChI is InChI=1S/C11H15N5O3S/c1-16-7-13-11(15-16)4-5-14-20(18,19)8-2-3-10(17)9(12)6-8/h2-3,6-7,14,17H,4-5,12H2,1H3. The van der Waals surface area contributed by atoms with E-state index in [4.69, 9.17) is 5.73 Å². The van der Waals surface area contributed by atoms with Gasteiger partial charge in [-0.25, -0.2) is 18.1 Å². The van der Waals surface area contributed by atoms with Crippen molar-refractivity contribution >= 4 is 15.7 Å². The van der Waals surface area contributed by atoms with Crippen molar-refractivity contribution in [2.45, 2.75) is 11.3 Å². The number of nitrogen functional groups attached to an aromatic ring is 1. The van der Waals surface area contributed by atoms with Crippen LogP contribution in [0.25, 0.3) is 0 Å². The predicted molar refractivity (Wildman–Crippen MR) is 72.4 cm³/mol. The number of rotatable bonds is 5. The van der Waals surface area contributed by atoms with Gasteiger partial charge in [-0.1, -0.05) is 0 Å². The van der Waals surface area contributed by atoms with Crippen molar-refractivity contribution in [3.05, 3.63) is 30.4 Å². The average molecular weight is 297 g/mol. The molecule has 0 saturated carbocycles. The Morgan fingerprint density at radius 3 is 2.80 bits per heavy atom. The molecule has 0 unspecified atom stereocenters. The second-order valence-corrected chi connectivity index (χ2v) is 5.97. The van der Waals surface area contributed by atoms with Gasteiger partial charge < -0.3 is 10.8 Å². The fraction of sp³-hybridized carbons (Fsp3) is 0.273. The topological polar surface area (TPSA) is 123 Å². The Hall–Kier alpha value is -2.13. The minimum Gasteiger partial charge on any atom is -0.506 e. The van der Waals surface area contributed by atoms with E-state index in [-0.39, 0.29) is 22.9 Å². The van der Waals surface area contributed by atoms with Crippen LogP contribution in [-0.4, -0.2) is 34.8 Å². The lowest BCUT2D eigenvalue weighted by Crippen LogP contribution is -2.26. The molecule has 4 N–H and O–H groups in total. The molecular weight excluding hydrogens is 282 g/mol. The van der Waals surface area contributed by atoms with E-state index in [0.29, 0.717) is 12.2 Å². The minimum atomic E-state index is -3.67. The van der Waals surface area contributed by atoms with E-state index in [1.54, 1.807) is 18.1 Å². The molecule has 9 heteroatoms. The Morgan fingerprint density at radius 1 is 1.45 bits per heavy atom. The second-order valence-electron chi connectivity index (χ2n) is 4.20. The summed E-state index contributed by atoms with van der Waals surface area (Å²) in [7, 11) is -1.93. The van der Waals surface area contributed by atoms with Crippen molar-refractivity contribution in [1.29, 1.82) is 0 Å². The first-order valence-electron chi connectivity index (χ1n) is 5.81. The second kappa shape index (κ2) is 5.47. The number of sulfonamides is 1. The predicted octanol–water partition coefficient (Wildman–Crippen LogP) is -0.376. The summed E-state index contributed by atoms with van der Waals surface area (Å²) in [4.78, 5) is 4.00. The molecule has 0 atom stereocenters. The molecule has 2 rings (SSSR count). The molecule has 0 aliphatic carbocycles. The third-order valence-electron chi connectivity index (χ3n) is 2.60. The maximum Gasteiger partial charge on any atom is 0.240 e. The van der Waals surface area contributed by atoms with Crippen LogP contribution in [0.5, 0.6) is 5.75 Å². The van der Waals surface area contributed by atoms with Gasteiger partial charge in [0.15, 0.2) is 5.82 Å². The summed E-state index contributed by atoms with van der Waals surface area (Å²) in [5, 5.41) is 13.3. The molecule has 0 aliphatic rings. The van der Waals surface area contributed by atoms with E-state index in [9.17, 15) is 13.5 Å². The number of phenols is 1. The first kappa shape index (κ1) is 14.3. The summed E-state index contributed by atoms with van der Waals surface area (Å²) in [6.07, 6.45) is 1.93. The molecule has 20 heavy (non-hydrogen) atoms.